The van der Waals surface area contributed by atoms with E-state index in [2.05, 4.69) is 0 Å². The normalized spacial score (nSPS) is 21.8. The number of furan rings is 1. The maximum absolute atomic E-state index is 12.8. The van der Waals surface area contributed by atoms with Gasteiger partial charge in [0.25, 0.3) is 5.91 Å². The van der Waals surface area contributed by atoms with Gasteiger partial charge in [-0.3, -0.25) is 4.79 Å². The lowest BCUT2D eigenvalue weighted by atomic mass is 10.0. The molecule has 1 fully saturated rings. The highest BCUT2D eigenvalue weighted by molar-refractivity contribution is 5.95. The molecule has 0 spiro atoms. The lowest BCUT2D eigenvalue weighted by molar-refractivity contribution is -0.143. The van der Waals surface area contributed by atoms with E-state index in [1.165, 1.54) is 0 Å². The lowest BCUT2D eigenvalue weighted by Gasteiger charge is -2.42. The Morgan fingerprint density at radius 3 is 2.86 bits per heavy atom. The Hall–Kier alpha value is -1.33. The summed E-state index contributed by atoms with van der Waals surface area (Å²) >= 11 is 0. The van der Waals surface area contributed by atoms with Gasteiger partial charge in [0.1, 0.15) is 5.76 Å². The summed E-state index contributed by atoms with van der Waals surface area (Å²) < 4.78 is 16.6. The molecule has 5 nitrogen and oxygen atoms in total. The third-order valence-corrected chi connectivity index (χ3v) is 3.57. The van der Waals surface area contributed by atoms with Gasteiger partial charge in [0.2, 0.25) is 0 Å². The molecule has 0 N–H and O–H groups in total. The number of rotatable bonds is 4. The van der Waals surface area contributed by atoms with E-state index in [0.717, 1.165) is 5.76 Å². The van der Waals surface area contributed by atoms with Crippen LogP contribution in [0.1, 0.15) is 49.7 Å². The smallest absolute Gasteiger partial charge is 0.257 e. The number of hydrogen-bond donors (Lipinski definition) is 0. The summed E-state index contributed by atoms with van der Waals surface area (Å²) in [5.74, 6) is 0.931. The van der Waals surface area contributed by atoms with Gasteiger partial charge in [-0.25, -0.2) is 0 Å². The van der Waals surface area contributed by atoms with Crippen molar-refractivity contribution in [2.75, 3.05) is 26.8 Å². The fraction of sp³-hybridized carbons (Fsp3) is 0.688. The van der Waals surface area contributed by atoms with Crippen LogP contribution in [0.15, 0.2) is 16.7 Å². The molecule has 0 radical (unpaired) electrons. The maximum atomic E-state index is 12.8. The molecule has 0 saturated carbocycles. The minimum absolute atomic E-state index is 0.00456. The van der Waals surface area contributed by atoms with E-state index in [1.807, 2.05) is 32.6 Å². The highest BCUT2D eigenvalue weighted by Crippen LogP contribution is 2.26. The van der Waals surface area contributed by atoms with E-state index >= 15 is 0 Å². The molecule has 1 atom stereocenters. The lowest BCUT2D eigenvalue weighted by Crippen LogP contribution is -2.55. The highest BCUT2D eigenvalue weighted by atomic mass is 16.5. The van der Waals surface area contributed by atoms with Crippen molar-refractivity contribution in [2.24, 2.45) is 0 Å². The van der Waals surface area contributed by atoms with E-state index < -0.39 is 0 Å². The fourth-order valence-electron chi connectivity index (χ4n) is 2.84. The molecule has 2 heterocycles. The summed E-state index contributed by atoms with van der Waals surface area (Å²) in [4.78, 5) is 14.6. The van der Waals surface area contributed by atoms with E-state index in [1.54, 1.807) is 19.4 Å². The zero-order valence-corrected chi connectivity index (χ0v) is 13.5. The van der Waals surface area contributed by atoms with Crippen LogP contribution in [-0.2, 0) is 9.47 Å². The predicted octanol–water partition coefficient (Wildman–Crippen LogP) is 2.67. The van der Waals surface area contributed by atoms with Gasteiger partial charge in [-0.2, -0.15) is 0 Å². The predicted molar refractivity (Wildman–Crippen MR) is 79.5 cm³/mol. The molecular weight excluding hydrogens is 270 g/mol. The first-order valence-corrected chi connectivity index (χ1v) is 7.37. The van der Waals surface area contributed by atoms with E-state index in [-0.39, 0.29) is 23.5 Å². The Morgan fingerprint density at radius 2 is 2.24 bits per heavy atom. The molecule has 0 aromatic carbocycles. The van der Waals surface area contributed by atoms with Crippen LogP contribution in [0.2, 0.25) is 0 Å². The van der Waals surface area contributed by atoms with Gasteiger partial charge in [0, 0.05) is 26.1 Å². The van der Waals surface area contributed by atoms with Crippen molar-refractivity contribution in [3.63, 3.8) is 0 Å². The molecule has 1 aromatic heterocycles. The summed E-state index contributed by atoms with van der Waals surface area (Å²) in [7, 11) is 1.64. The Kier molecular flexibility index (Phi) is 4.74. The minimum Gasteiger partial charge on any atom is -0.468 e. The van der Waals surface area contributed by atoms with Crippen molar-refractivity contribution in [2.45, 2.75) is 45.3 Å². The number of ether oxygens (including phenoxy) is 2. The summed E-state index contributed by atoms with van der Waals surface area (Å²) in [5.41, 5.74) is 0.276. The number of methoxy groups -OCH3 is 1. The molecule has 21 heavy (non-hydrogen) atoms. The monoisotopic (exact) mass is 295 g/mol. The molecule has 5 heteroatoms. The van der Waals surface area contributed by atoms with E-state index in [0.29, 0.717) is 25.3 Å². The second kappa shape index (κ2) is 6.20. The van der Waals surface area contributed by atoms with Crippen LogP contribution in [-0.4, -0.2) is 49.3 Å². The van der Waals surface area contributed by atoms with Crippen LogP contribution in [0.25, 0.3) is 0 Å². The Morgan fingerprint density at radius 1 is 1.52 bits per heavy atom. The van der Waals surface area contributed by atoms with Gasteiger partial charge >= 0.3 is 0 Å². The topological polar surface area (TPSA) is 51.9 Å². The van der Waals surface area contributed by atoms with Crippen molar-refractivity contribution in [1.82, 2.24) is 4.90 Å². The second-order valence-corrected chi connectivity index (χ2v) is 6.49. The van der Waals surface area contributed by atoms with Crippen molar-refractivity contribution in [3.05, 3.63) is 23.7 Å². The summed E-state index contributed by atoms with van der Waals surface area (Å²) in [6, 6.07) is 1.76. The number of carbonyl (C=O) groups excluding carboxylic acids is 1. The molecule has 118 valence electrons. The Labute approximate surface area is 126 Å². The zero-order valence-electron chi connectivity index (χ0n) is 13.5. The third kappa shape index (κ3) is 3.66. The fourth-order valence-corrected chi connectivity index (χ4v) is 2.84. The van der Waals surface area contributed by atoms with Gasteiger partial charge in [-0.05, 0) is 19.9 Å². The molecule has 1 amide bonds. The highest BCUT2D eigenvalue weighted by Gasteiger charge is 2.36. The average Bonchev–Trinajstić information content (AvgIpc) is 2.85. The number of hydrogen-bond acceptors (Lipinski definition) is 4. The molecule has 1 aliphatic heterocycles. The van der Waals surface area contributed by atoms with Crippen molar-refractivity contribution in [1.29, 1.82) is 0 Å². The van der Waals surface area contributed by atoms with Crippen LogP contribution in [0, 0.1) is 0 Å². The minimum atomic E-state index is -0.376. The summed E-state index contributed by atoms with van der Waals surface area (Å²) in [6.45, 7) is 9.62. The van der Waals surface area contributed by atoms with Crippen LogP contribution in [0.3, 0.4) is 0 Å². The first-order valence-electron chi connectivity index (χ1n) is 7.37. The van der Waals surface area contributed by atoms with Crippen molar-refractivity contribution < 1.29 is 18.7 Å². The number of nitrogens with zero attached hydrogens (tertiary/aromatic N) is 1. The summed E-state index contributed by atoms with van der Waals surface area (Å²) in [6.07, 6.45) is 1.48. The van der Waals surface area contributed by atoms with Gasteiger partial charge < -0.3 is 18.8 Å². The zero-order chi connectivity index (χ0) is 15.6. The number of carbonyl (C=O) groups is 1. The van der Waals surface area contributed by atoms with Gasteiger partial charge in [-0.1, -0.05) is 13.8 Å². The average molecular weight is 295 g/mol. The van der Waals surface area contributed by atoms with Gasteiger partial charge in [0.15, 0.2) is 0 Å². The van der Waals surface area contributed by atoms with Crippen LogP contribution in [0.5, 0.6) is 0 Å². The number of morpholine rings is 1. The molecule has 1 aliphatic rings. The quantitative estimate of drug-likeness (QED) is 0.857. The third-order valence-electron chi connectivity index (χ3n) is 3.57. The molecule has 0 bridgehead atoms. The van der Waals surface area contributed by atoms with Gasteiger partial charge in [0.05, 0.1) is 30.1 Å². The van der Waals surface area contributed by atoms with Crippen LogP contribution >= 0.6 is 0 Å². The maximum Gasteiger partial charge on any atom is 0.257 e. The molecule has 2 rings (SSSR count). The molecule has 0 aliphatic carbocycles. The molecule has 1 saturated heterocycles. The summed E-state index contributed by atoms with van der Waals surface area (Å²) in [5, 5.41) is 0. The Balaban J connectivity index is 2.19. The first kappa shape index (κ1) is 16.0. The van der Waals surface area contributed by atoms with Crippen molar-refractivity contribution >= 4 is 5.91 Å². The van der Waals surface area contributed by atoms with Crippen LogP contribution in [0.4, 0.5) is 0 Å². The first-order chi connectivity index (χ1) is 9.84. The van der Waals surface area contributed by atoms with E-state index in [9.17, 15) is 4.79 Å². The second-order valence-electron chi connectivity index (χ2n) is 6.49. The van der Waals surface area contributed by atoms with Gasteiger partial charge in [-0.15, -0.1) is 0 Å². The SMILES string of the molecule is COC[C@H]1CN(C(=O)c2ccoc2C(C)C)CC(C)(C)O1. The Bertz CT molecular complexity index is 492. The van der Waals surface area contributed by atoms with Crippen LogP contribution < -0.4 is 0 Å². The number of amides is 1. The molecule has 0 unspecified atom stereocenters. The molecular formula is C16H25NO4. The van der Waals surface area contributed by atoms with E-state index in [4.69, 9.17) is 13.9 Å². The van der Waals surface area contributed by atoms with Crippen molar-refractivity contribution in [3.8, 4) is 0 Å². The molecule has 1 aromatic rings. The largest absolute Gasteiger partial charge is 0.468 e. The standard InChI is InChI=1S/C16H25NO4/c1-11(2)14-13(6-7-20-14)15(18)17-8-12(9-19-5)21-16(3,4)10-17/h6-7,11-12H,8-10H2,1-5H3/t12-/m1/s1.